The van der Waals surface area contributed by atoms with Crippen LogP contribution in [0.5, 0.6) is 0 Å². The summed E-state index contributed by atoms with van der Waals surface area (Å²) < 4.78 is 13.1. The Balaban J connectivity index is 1.37. The van der Waals surface area contributed by atoms with Gasteiger partial charge in [0.2, 0.25) is 0 Å². The summed E-state index contributed by atoms with van der Waals surface area (Å²) >= 11 is 6.10. The number of carbonyl (C=O) groups is 3. The second-order valence-corrected chi connectivity index (χ2v) is 8.24. The largest absolute Gasteiger partial charge is 0.335 e. The molecule has 162 valence electrons. The van der Waals surface area contributed by atoms with Crippen LogP contribution in [-0.4, -0.2) is 65.1 Å². The van der Waals surface area contributed by atoms with Crippen LogP contribution in [0.4, 0.5) is 4.39 Å². The molecule has 0 radical (unpaired) electrons. The van der Waals surface area contributed by atoms with Crippen LogP contribution >= 0.6 is 11.6 Å². The van der Waals surface area contributed by atoms with E-state index in [1.54, 1.807) is 15.9 Å². The van der Waals surface area contributed by atoms with Gasteiger partial charge in [-0.25, -0.2) is 4.39 Å². The molecule has 1 unspecified atom stereocenters. The summed E-state index contributed by atoms with van der Waals surface area (Å²) in [5.74, 6) is -1.66. The van der Waals surface area contributed by atoms with E-state index < -0.39 is 17.6 Å². The fourth-order valence-corrected chi connectivity index (χ4v) is 4.41. The molecule has 0 spiro atoms. The zero-order valence-electron chi connectivity index (χ0n) is 17.0. The molecule has 6 nitrogen and oxygen atoms in total. The Morgan fingerprint density at radius 1 is 0.871 bits per heavy atom. The molecule has 2 aromatic carbocycles. The number of hydrogen-bond acceptors (Lipinski definition) is 3. The minimum atomic E-state index is -0.539. The number of halogens is 2. The van der Waals surface area contributed by atoms with E-state index in [-0.39, 0.29) is 25.0 Å². The molecule has 3 amide bonds. The van der Waals surface area contributed by atoms with Crippen LogP contribution in [0.25, 0.3) is 0 Å². The molecule has 4 rings (SSSR count). The molecule has 8 heteroatoms. The molecule has 0 aliphatic carbocycles. The summed E-state index contributed by atoms with van der Waals surface area (Å²) in [6, 6.07) is 12.6. The molecule has 2 aliphatic rings. The fraction of sp³-hybridized carbons (Fsp3) is 0.348. The van der Waals surface area contributed by atoms with Crippen LogP contribution in [0, 0.1) is 5.82 Å². The van der Waals surface area contributed by atoms with Gasteiger partial charge in [0, 0.05) is 43.3 Å². The molecule has 0 bridgehead atoms. The first kappa shape index (κ1) is 21.3. The average Bonchev–Trinajstić information content (AvgIpc) is 3.28. The maximum Gasteiger partial charge on any atom is 0.312 e. The van der Waals surface area contributed by atoms with E-state index in [2.05, 4.69) is 0 Å². The maximum atomic E-state index is 13.1. The van der Waals surface area contributed by atoms with Crippen LogP contribution in [0.1, 0.15) is 34.8 Å². The van der Waals surface area contributed by atoms with Gasteiger partial charge in [0.15, 0.2) is 0 Å². The van der Waals surface area contributed by atoms with Gasteiger partial charge in [0.05, 0.1) is 6.04 Å². The topological polar surface area (TPSA) is 60.9 Å². The van der Waals surface area contributed by atoms with E-state index in [9.17, 15) is 18.8 Å². The minimum absolute atomic E-state index is 0.156. The van der Waals surface area contributed by atoms with Crippen molar-refractivity contribution in [3.8, 4) is 0 Å². The zero-order chi connectivity index (χ0) is 22.0. The smallest absolute Gasteiger partial charge is 0.312 e. The lowest BCUT2D eigenvalue weighted by atomic mass is 10.0. The summed E-state index contributed by atoms with van der Waals surface area (Å²) in [5, 5.41) is 0.602. The second-order valence-electron chi connectivity index (χ2n) is 7.80. The number of piperazine rings is 1. The predicted octanol–water partition coefficient (Wildman–Crippen LogP) is 3.13. The van der Waals surface area contributed by atoms with Crippen LogP contribution in [0.3, 0.4) is 0 Å². The first-order chi connectivity index (χ1) is 14.9. The first-order valence-corrected chi connectivity index (χ1v) is 10.7. The van der Waals surface area contributed by atoms with Gasteiger partial charge in [-0.05, 0) is 54.8 Å². The van der Waals surface area contributed by atoms with Crippen LogP contribution in [0.15, 0.2) is 48.5 Å². The van der Waals surface area contributed by atoms with Crippen molar-refractivity contribution in [2.75, 3.05) is 32.7 Å². The molecule has 0 saturated carbocycles. The molecular formula is C23H23ClFN3O3. The van der Waals surface area contributed by atoms with E-state index in [0.29, 0.717) is 30.2 Å². The lowest BCUT2D eigenvalue weighted by Crippen LogP contribution is -2.54. The summed E-state index contributed by atoms with van der Waals surface area (Å²) in [5.41, 5.74) is 1.33. The Morgan fingerprint density at radius 2 is 1.55 bits per heavy atom. The molecule has 2 aromatic rings. The van der Waals surface area contributed by atoms with Crippen molar-refractivity contribution in [2.24, 2.45) is 0 Å². The van der Waals surface area contributed by atoms with Gasteiger partial charge in [-0.15, -0.1) is 0 Å². The van der Waals surface area contributed by atoms with Crippen molar-refractivity contribution in [3.63, 3.8) is 0 Å². The van der Waals surface area contributed by atoms with Crippen LogP contribution in [0.2, 0.25) is 5.02 Å². The van der Waals surface area contributed by atoms with E-state index in [1.165, 1.54) is 29.2 Å². The Morgan fingerprint density at radius 3 is 2.23 bits per heavy atom. The van der Waals surface area contributed by atoms with Gasteiger partial charge in [-0.3, -0.25) is 14.4 Å². The number of rotatable bonds is 2. The van der Waals surface area contributed by atoms with E-state index in [0.717, 1.165) is 18.4 Å². The molecule has 1 atom stereocenters. The highest BCUT2D eigenvalue weighted by Crippen LogP contribution is 2.33. The fourth-order valence-electron chi connectivity index (χ4n) is 4.22. The lowest BCUT2D eigenvalue weighted by Gasteiger charge is -2.35. The maximum absolute atomic E-state index is 13.1. The van der Waals surface area contributed by atoms with E-state index >= 15 is 0 Å². The van der Waals surface area contributed by atoms with Gasteiger partial charge in [0.25, 0.3) is 5.91 Å². The molecule has 2 fully saturated rings. The van der Waals surface area contributed by atoms with Crippen molar-refractivity contribution < 1.29 is 18.8 Å². The van der Waals surface area contributed by atoms with Crippen molar-refractivity contribution in [3.05, 3.63) is 70.5 Å². The number of benzene rings is 2. The normalized spacial score (nSPS) is 18.9. The molecule has 2 aliphatic heterocycles. The third-order valence-electron chi connectivity index (χ3n) is 5.88. The predicted molar refractivity (Wildman–Crippen MR) is 114 cm³/mol. The first-order valence-electron chi connectivity index (χ1n) is 10.3. The number of carbonyl (C=O) groups excluding carboxylic acids is 3. The number of amides is 3. The Hall–Kier alpha value is -2.93. The van der Waals surface area contributed by atoms with Crippen LogP contribution in [-0.2, 0) is 9.59 Å². The Bertz CT molecular complexity index is 990. The summed E-state index contributed by atoms with van der Waals surface area (Å²) in [4.78, 5) is 43.2. The highest BCUT2D eigenvalue weighted by molar-refractivity contribution is 6.35. The van der Waals surface area contributed by atoms with Gasteiger partial charge in [0.1, 0.15) is 5.82 Å². The third kappa shape index (κ3) is 4.56. The Kier molecular flexibility index (Phi) is 6.23. The molecular weight excluding hydrogens is 421 g/mol. The van der Waals surface area contributed by atoms with Crippen molar-refractivity contribution in [1.82, 2.24) is 14.7 Å². The highest BCUT2D eigenvalue weighted by Gasteiger charge is 2.36. The number of likely N-dealkylation sites (tertiary alicyclic amines) is 1. The Labute approximate surface area is 185 Å². The quantitative estimate of drug-likeness (QED) is 0.670. The van der Waals surface area contributed by atoms with Gasteiger partial charge < -0.3 is 14.7 Å². The highest BCUT2D eigenvalue weighted by atomic mass is 35.5. The van der Waals surface area contributed by atoms with Crippen molar-refractivity contribution >= 4 is 29.3 Å². The number of nitrogens with zero attached hydrogens (tertiary/aromatic N) is 3. The van der Waals surface area contributed by atoms with Gasteiger partial charge in [-0.1, -0.05) is 23.7 Å². The lowest BCUT2D eigenvalue weighted by molar-refractivity contribution is -0.153. The van der Waals surface area contributed by atoms with Crippen LogP contribution < -0.4 is 0 Å². The van der Waals surface area contributed by atoms with E-state index in [1.807, 2.05) is 18.2 Å². The molecule has 0 N–H and O–H groups in total. The summed E-state index contributed by atoms with van der Waals surface area (Å²) in [6.07, 6.45) is 1.62. The van der Waals surface area contributed by atoms with Gasteiger partial charge in [-0.2, -0.15) is 0 Å². The molecule has 2 heterocycles. The average molecular weight is 444 g/mol. The minimum Gasteiger partial charge on any atom is -0.335 e. The molecule has 0 aromatic heterocycles. The molecule has 2 saturated heterocycles. The molecule has 31 heavy (non-hydrogen) atoms. The summed E-state index contributed by atoms with van der Waals surface area (Å²) in [6.45, 7) is 1.75. The summed E-state index contributed by atoms with van der Waals surface area (Å²) in [7, 11) is 0. The zero-order valence-corrected chi connectivity index (χ0v) is 17.7. The standard InChI is InChI=1S/C23H23ClFN3O3/c24-18-4-1-3-17(15-18)20-5-2-10-28(20)23(31)22(30)27-13-11-26(12-14-27)21(29)16-6-8-19(25)9-7-16/h1,3-4,6-9,15,20H,2,5,10-14H2. The van der Waals surface area contributed by atoms with Crippen molar-refractivity contribution in [2.45, 2.75) is 18.9 Å². The monoisotopic (exact) mass is 443 g/mol. The SMILES string of the molecule is O=C(C(=O)N1CCCC1c1cccc(Cl)c1)N1CCN(C(=O)c2ccc(F)cc2)CC1. The number of hydrogen-bond donors (Lipinski definition) is 0. The second kappa shape index (κ2) is 9.06. The van der Waals surface area contributed by atoms with Crippen molar-refractivity contribution in [1.29, 1.82) is 0 Å². The van der Waals surface area contributed by atoms with Gasteiger partial charge >= 0.3 is 11.8 Å². The third-order valence-corrected chi connectivity index (χ3v) is 6.11. The van der Waals surface area contributed by atoms with E-state index in [4.69, 9.17) is 11.6 Å².